The van der Waals surface area contributed by atoms with Crippen LogP contribution in [0.5, 0.6) is 0 Å². The number of rotatable bonds is 5. The fraction of sp³-hybridized carbons (Fsp3) is 0.292. The molecule has 3 aromatic rings. The maximum Gasteiger partial charge on any atom is 0.322 e. The molecule has 5 rings (SSSR count). The normalized spacial score (nSPS) is 21.2. The Bertz CT molecular complexity index is 1140. The highest BCUT2D eigenvalue weighted by molar-refractivity contribution is 6.30. The van der Waals surface area contributed by atoms with Crippen LogP contribution in [0.25, 0.3) is 17.0 Å². The number of nitrogens with zero attached hydrogens (tertiary/aromatic N) is 3. The summed E-state index contributed by atoms with van der Waals surface area (Å²) in [4.78, 5) is 19.4. The van der Waals surface area contributed by atoms with Crippen molar-refractivity contribution in [2.75, 3.05) is 13.2 Å². The van der Waals surface area contributed by atoms with E-state index in [1.165, 1.54) is 0 Å². The summed E-state index contributed by atoms with van der Waals surface area (Å²) in [6.45, 7) is 3.14. The molecule has 0 bridgehead atoms. The minimum Gasteiger partial charge on any atom is -0.376 e. The van der Waals surface area contributed by atoms with E-state index in [-0.39, 0.29) is 12.1 Å². The number of amides is 2. The van der Waals surface area contributed by atoms with Gasteiger partial charge in [-0.3, -0.25) is 4.90 Å². The number of carbonyl (C=O) groups excluding carboxylic acids is 1. The zero-order valence-electron chi connectivity index (χ0n) is 17.6. The van der Waals surface area contributed by atoms with Gasteiger partial charge in [-0.05, 0) is 49.6 Å². The summed E-state index contributed by atoms with van der Waals surface area (Å²) in [5.41, 5.74) is 3.30. The van der Waals surface area contributed by atoms with Gasteiger partial charge in [0.15, 0.2) is 0 Å². The Labute approximate surface area is 191 Å². The molecular formula is C24H23ClN4O3. The first kappa shape index (κ1) is 20.7. The molecule has 1 aromatic heterocycles. The molecule has 2 aliphatic rings. The number of nitrogens with one attached hydrogen (secondary N) is 1. The van der Waals surface area contributed by atoms with Gasteiger partial charge in [0.05, 0.1) is 24.3 Å². The third-order valence-corrected chi connectivity index (χ3v) is 6.15. The Morgan fingerprint density at radius 3 is 2.66 bits per heavy atom. The Hall–Kier alpha value is -3.16. The van der Waals surface area contributed by atoms with Gasteiger partial charge >= 0.3 is 6.03 Å². The summed E-state index contributed by atoms with van der Waals surface area (Å²) in [6.07, 6.45) is 1.98. The molecule has 7 nitrogen and oxygen atoms in total. The minimum absolute atomic E-state index is 0.0255. The Kier molecular flexibility index (Phi) is 5.68. The van der Waals surface area contributed by atoms with E-state index in [0.717, 1.165) is 41.8 Å². The molecule has 3 heterocycles. The molecule has 2 aromatic carbocycles. The quantitative estimate of drug-likeness (QED) is 0.587. The zero-order chi connectivity index (χ0) is 22.1. The number of ether oxygens (including phenoxy) is 1. The van der Waals surface area contributed by atoms with Crippen LogP contribution in [0, 0.1) is 0 Å². The van der Waals surface area contributed by atoms with E-state index >= 15 is 0 Å². The first-order valence-corrected chi connectivity index (χ1v) is 11.0. The second-order valence-corrected chi connectivity index (χ2v) is 8.40. The lowest BCUT2D eigenvalue weighted by molar-refractivity contribution is 0.0877. The van der Waals surface area contributed by atoms with Crippen LogP contribution < -0.4 is 5.32 Å². The van der Waals surface area contributed by atoms with Gasteiger partial charge in [-0.2, -0.15) is 4.98 Å². The summed E-state index contributed by atoms with van der Waals surface area (Å²) in [5, 5.41) is 7.94. The van der Waals surface area contributed by atoms with Crippen LogP contribution in [0.15, 0.2) is 64.8 Å². The van der Waals surface area contributed by atoms with Crippen molar-refractivity contribution in [3.8, 4) is 11.4 Å². The van der Waals surface area contributed by atoms with Crippen molar-refractivity contribution in [1.29, 1.82) is 0 Å². The molecule has 1 fully saturated rings. The largest absolute Gasteiger partial charge is 0.376 e. The highest BCUT2D eigenvalue weighted by atomic mass is 35.5. The number of urea groups is 1. The molecule has 8 heteroatoms. The third-order valence-electron chi connectivity index (χ3n) is 5.90. The Balaban J connectivity index is 1.56. The number of carbonyl (C=O) groups is 1. The number of aromatic nitrogens is 2. The van der Waals surface area contributed by atoms with Crippen molar-refractivity contribution in [3.05, 3.63) is 76.8 Å². The number of hydrogen-bond acceptors (Lipinski definition) is 5. The highest BCUT2D eigenvalue weighted by Crippen LogP contribution is 2.37. The van der Waals surface area contributed by atoms with Gasteiger partial charge in [-0.15, -0.1) is 0 Å². The van der Waals surface area contributed by atoms with Gasteiger partial charge in [-0.25, -0.2) is 4.79 Å². The van der Waals surface area contributed by atoms with Gasteiger partial charge in [0.25, 0.3) is 5.89 Å². The lowest BCUT2D eigenvalue weighted by Gasteiger charge is -2.36. The zero-order valence-corrected chi connectivity index (χ0v) is 18.4. The number of allylic oxidation sites excluding steroid dienone is 1. The lowest BCUT2D eigenvalue weighted by atomic mass is 9.94. The second-order valence-electron chi connectivity index (χ2n) is 7.97. The molecule has 0 radical (unpaired) electrons. The molecule has 2 aliphatic heterocycles. The first-order chi connectivity index (χ1) is 15.6. The fourth-order valence-corrected chi connectivity index (χ4v) is 4.34. The van der Waals surface area contributed by atoms with Crippen molar-refractivity contribution in [2.45, 2.75) is 31.9 Å². The first-order valence-electron chi connectivity index (χ1n) is 10.7. The topological polar surface area (TPSA) is 80.5 Å². The van der Waals surface area contributed by atoms with Crippen molar-refractivity contribution in [1.82, 2.24) is 20.4 Å². The summed E-state index contributed by atoms with van der Waals surface area (Å²) >= 11 is 6.00. The van der Waals surface area contributed by atoms with Gasteiger partial charge < -0.3 is 14.6 Å². The van der Waals surface area contributed by atoms with E-state index in [2.05, 4.69) is 15.5 Å². The predicted octanol–water partition coefficient (Wildman–Crippen LogP) is 5.07. The van der Waals surface area contributed by atoms with Crippen LogP contribution in [0.1, 0.15) is 37.3 Å². The van der Waals surface area contributed by atoms with Crippen molar-refractivity contribution < 1.29 is 14.1 Å². The summed E-state index contributed by atoms with van der Waals surface area (Å²) in [5.74, 6) is 0.838. The van der Waals surface area contributed by atoms with Crippen molar-refractivity contribution >= 4 is 23.2 Å². The minimum atomic E-state index is -0.400. The molecule has 32 heavy (non-hydrogen) atoms. The van der Waals surface area contributed by atoms with Gasteiger partial charge in [0, 0.05) is 22.9 Å². The second kappa shape index (κ2) is 8.76. The van der Waals surface area contributed by atoms with E-state index in [1.54, 1.807) is 17.0 Å². The van der Waals surface area contributed by atoms with Gasteiger partial charge in [-0.1, -0.05) is 47.1 Å². The van der Waals surface area contributed by atoms with Crippen LogP contribution in [0.3, 0.4) is 0 Å². The van der Waals surface area contributed by atoms with Crippen LogP contribution in [0.4, 0.5) is 4.79 Å². The number of benzene rings is 2. The summed E-state index contributed by atoms with van der Waals surface area (Å²) in [7, 11) is 0. The standard InChI is InChI=1S/C24H23ClN4O3/c1-15-20(23-27-22(28-32-23)17-9-11-18(25)12-10-17)21(16-6-3-2-4-7-16)26-24(30)29(15)14-19-8-5-13-31-19/h2-4,6-7,9-12,19,21H,5,8,13-14H2,1H3,(H,26,30). The van der Waals surface area contributed by atoms with Crippen LogP contribution in [-0.4, -0.2) is 40.3 Å². The molecule has 0 spiro atoms. The monoisotopic (exact) mass is 450 g/mol. The summed E-state index contributed by atoms with van der Waals surface area (Å²) < 4.78 is 11.5. The Morgan fingerprint density at radius 2 is 1.94 bits per heavy atom. The third kappa shape index (κ3) is 4.01. The lowest BCUT2D eigenvalue weighted by Crippen LogP contribution is -2.48. The number of hydrogen-bond donors (Lipinski definition) is 1. The molecule has 1 N–H and O–H groups in total. The van der Waals surface area contributed by atoms with Crippen LogP contribution in [-0.2, 0) is 4.74 Å². The van der Waals surface area contributed by atoms with Crippen molar-refractivity contribution in [3.63, 3.8) is 0 Å². The van der Waals surface area contributed by atoms with E-state index < -0.39 is 6.04 Å². The van der Waals surface area contributed by atoms with Crippen LogP contribution in [0.2, 0.25) is 5.02 Å². The SMILES string of the molecule is CC1=C(c2nc(-c3ccc(Cl)cc3)no2)C(c2ccccc2)NC(=O)N1CC1CCCO1. The maximum atomic E-state index is 13.1. The molecule has 2 unspecified atom stereocenters. The van der Waals surface area contributed by atoms with E-state index in [0.29, 0.717) is 23.3 Å². The average Bonchev–Trinajstić information content (AvgIpc) is 3.50. The fourth-order valence-electron chi connectivity index (χ4n) is 4.21. The molecule has 2 atom stereocenters. The maximum absolute atomic E-state index is 13.1. The highest BCUT2D eigenvalue weighted by Gasteiger charge is 2.37. The molecule has 2 amide bonds. The predicted molar refractivity (Wildman–Crippen MR) is 121 cm³/mol. The average molecular weight is 451 g/mol. The molecule has 0 saturated carbocycles. The van der Waals surface area contributed by atoms with E-state index in [1.807, 2.05) is 49.4 Å². The van der Waals surface area contributed by atoms with E-state index in [9.17, 15) is 4.79 Å². The van der Waals surface area contributed by atoms with Gasteiger partial charge in [0.2, 0.25) is 5.82 Å². The van der Waals surface area contributed by atoms with E-state index in [4.69, 9.17) is 20.9 Å². The summed E-state index contributed by atoms with van der Waals surface area (Å²) in [6, 6.07) is 16.5. The van der Waals surface area contributed by atoms with Crippen molar-refractivity contribution in [2.24, 2.45) is 0 Å². The molecule has 164 valence electrons. The molecule has 0 aliphatic carbocycles. The Morgan fingerprint density at radius 1 is 1.16 bits per heavy atom. The van der Waals surface area contributed by atoms with Gasteiger partial charge in [0.1, 0.15) is 0 Å². The number of halogens is 1. The molecule has 1 saturated heterocycles. The van der Waals surface area contributed by atoms with Crippen LogP contribution >= 0.6 is 11.6 Å². The smallest absolute Gasteiger partial charge is 0.322 e. The molecular weight excluding hydrogens is 428 g/mol.